The molecule has 0 bridgehead atoms. The number of nitrogens with one attached hydrogen (secondary N) is 1. The molecule has 0 spiro atoms. The molecule has 0 aliphatic carbocycles. The second kappa shape index (κ2) is 3.96. The van der Waals surface area contributed by atoms with Crippen molar-refractivity contribution in [3.63, 3.8) is 0 Å². The van der Waals surface area contributed by atoms with E-state index in [9.17, 15) is 0 Å². The molecule has 1 aromatic rings. The Morgan fingerprint density at radius 2 is 2.50 bits per heavy atom. The van der Waals surface area contributed by atoms with Gasteiger partial charge in [0.15, 0.2) is 0 Å². The topological polar surface area (TPSA) is 37.3 Å². The molecule has 1 aliphatic heterocycles. The van der Waals surface area contributed by atoms with Gasteiger partial charge in [0.1, 0.15) is 5.69 Å². The minimum atomic E-state index is 0.433. The van der Waals surface area contributed by atoms with Gasteiger partial charge in [-0.2, -0.15) is 5.10 Å². The van der Waals surface area contributed by atoms with Gasteiger partial charge in [-0.3, -0.25) is 4.98 Å². The van der Waals surface area contributed by atoms with Crippen LogP contribution in [-0.4, -0.2) is 16.7 Å². The van der Waals surface area contributed by atoms with E-state index < -0.39 is 0 Å². The quantitative estimate of drug-likeness (QED) is 0.811. The van der Waals surface area contributed by atoms with E-state index >= 15 is 0 Å². The molecule has 0 fully saturated rings. The van der Waals surface area contributed by atoms with Gasteiger partial charge >= 0.3 is 0 Å². The van der Waals surface area contributed by atoms with Gasteiger partial charge in [0.05, 0.1) is 10.7 Å². The van der Waals surface area contributed by atoms with Gasteiger partial charge in [0.25, 0.3) is 0 Å². The van der Waals surface area contributed by atoms with Crippen LogP contribution in [0.15, 0.2) is 23.4 Å². The minimum absolute atomic E-state index is 0.433. The molecule has 1 aromatic heterocycles. The Labute approximate surface area is 88.2 Å². The van der Waals surface area contributed by atoms with Crippen LogP contribution in [0.1, 0.15) is 25.5 Å². The Morgan fingerprint density at radius 1 is 1.64 bits per heavy atom. The first-order valence-electron chi connectivity index (χ1n) is 4.74. The van der Waals surface area contributed by atoms with E-state index in [1.165, 1.54) is 0 Å². The summed E-state index contributed by atoms with van der Waals surface area (Å²) < 4.78 is 0. The number of pyridine rings is 1. The van der Waals surface area contributed by atoms with Crippen LogP contribution < -0.4 is 5.43 Å². The van der Waals surface area contributed by atoms with Crippen molar-refractivity contribution in [3.05, 3.63) is 29.0 Å². The number of hydrogen-bond donors (Lipinski definition) is 1. The first-order valence-corrected chi connectivity index (χ1v) is 5.12. The fourth-order valence-corrected chi connectivity index (χ4v) is 1.71. The zero-order valence-corrected chi connectivity index (χ0v) is 8.75. The summed E-state index contributed by atoms with van der Waals surface area (Å²) in [6.07, 6.45) is 3.72. The van der Waals surface area contributed by atoms with E-state index in [4.69, 9.17) is 11.6 Å². The van der Waals surface area contributed by atoms with Gasteiger partial charge in [-0.15, -0.1) is 0 Å². The van der Waals surface area contributed by atoms with Crippen molar-refractivity contribution in [2.24, 2.45) is 5.10 Å². The lowest BCUT2D eigenvalue weighted by atomic mass is 10.1. The maximum atomic E-state index is 6.02. The van der Waals surface area contributed by atoms with Gasteiger partial charge in [0, 0.05) is 18.7 Å². The Bertz CT molecular complexity index is 362. The van der Waals surface area contributed by atoms with E-state index in [0.717, 1.165) is 24.2 Å². The molecule has 0 aromatic carbocycles. The van der Waals surface area contributed by atoms with Crippen LogP contribution in [0, 0.1) is 0 Å². The number of nitrogens with zero attached hydrogens (tertiary/aromatic N) is 2. The molecule has 0 saturated carbocycles. The average Bonchev–Trinajstić information content (AvgIpc) is 2.67. The lowest BCUT2D eigenvalue weighted by Gasteiger charge is -2.04. The summed E-state index contributed by atoms with van der Waals surface area (Å²) in [5.41, 5.74) is 4.84. The van der Waals surface area contributed by atoms with Crippen molar-refractivity contribution in [3.8, 4) is 0 Å². The van der Waals surface area contributed by atoms with Crippen molar-refractivity contribution in [1.29, 1.82) is 0 Å². The van der Waals surface area contributed by atoms with Gasteiger partial charge in [-0.25, -0.2) is 0 Å². The highest BCUT2D eigenvalue weighted by Crippen LogP contribution is 2.18. The number of rotatable bonds is 2. The van der Waals surface area contributed by atoms with E-state index in [0.29, 0.717) is 11.1 Å². The summed E-state index contributed by atoms with van der Waals surface area (Å²) >= 11 is 6.02. The zero-order valence-electron chi connectivity index (χ0n) is 8.00. The standard InChI is InChI=1S/C10H12ClN3/c1-2-7-6-9(14-13-7)10-8(11)4-3-5-12-10/h3-5,7,13H,2,6H2,1H3. The third-order valence-electron chi connectivity index (χ3n) is 2.35. The number of halogens is 1. The van der Waals surface area contributed by atoms with Crippen molar-refractivity contribution >= 4 is 17.3 Å². The second-order valence-corrected chi connectivity index (χ2v) is 3.74. The van der Waals surface area contributed by atoms with Crippen molar-refractivity contribution in [2.45, 2.75) is 25.8 Å². The normalized spacial score (nSPS) is 20.4. The summed E-state index contributed by atoms with van der Waals surface area (Å²) in [6, 6.07) is 4.10. The fraction of sp³-hybridized carbons (Fsp3) is 0.400. The third-order valence-corrected chi connectivity index (χ3v) is 2.65. The number of hydrazone groups is 1. The molecule has 2 heterocycles. The first-order chi connectivity index (χ1) is 6.81. The molecule has 0 saturated heterocycles. The lowest BCUT2D eigenvalue weighted by molar-refractivity contribution is 0.568. The molecule has 2 rings (SSSR count). The van der Waals surface area contributed by atoms with Crippen LogP contribution in [0.5, 0.6) is 0 Å². The van der Waals surface area contributed by atoms with Crippen LogP contribution in [0.3, 0.4) is 0 Å². The molecule has 4 heteroatoms. The molecule has 0 amide bonds. The van der Waals surface area contributed by atoms with Gasteiger partial charge in [-0.1, -0.05) is 18.5 Å². The summed E-state index contributed by atoms with van der Waals surface area (Å²) in [4.78, 5) is 4.23. The Kier molecular flexibility index (Phi) is 2.68. The Morgan fingerprint density at radius 3 is 3.14 bits per heavy atom. The van der Waals surface area contributed by atoms with Gasteiger partial charge in [0.2, 0.25) is 0 Å². The maximum Gasteiger partial charge on any atom is 0.105 e. The van der Waals surface area contributed by atoms with Crippen molar-refractivity contribution in [2.75, 3.05) is 0 Å². The first kappa shape index (κ1) is 9.46. The molecule has 1 aliphatic rings. The SMILES string of the molecule is CCC1CC(c2ncccc2Cl)=NN1. The molecular weight excluding hydrogens is 198 g/mol. The predicted molar refractivity (Wildman–Crippen MR) is 57.6 cm³/mol. The van der Waals surface area contributed by atoms with E-state index in [1.807, 2.05) is 12.1 Å². The molecule has 1 unspecified atom stereocenters. The maximum absolute atomic E-state index is 6.02. The fourth-order valence-electron chi connectivity index (χ4n) is 1.48. The van der Waals surface area contributed by atoms with Crippen LogP contribution in [0.4, 0.5) is 0 Å². The summed E-state index contributed by atoms with van der Waals surface area (Å²) in [5.74, 6) is 0. The predicted octanol–water partition coefficient (Wildman–Crippen LogP) is 2.21. The van der Waals surface area contributed by atoms with E-state index in [2.05, 4.69) is 22.4 Å². The summed E-state index contributed by atoms with van der Waals surface area (Å²) in [5, 5.41) is 4.91. The third kappa shape index (κ3) is 1.73. The van der Waals surface area contributed by atoms with Crippen LogP contribution >= 0.6 is 11.6 Å². The minimum Gasteiger partial charge on any atom is -0.306 e. The van der Waals surface area contributed by atoms with Gasteiger partial charge in [-0.05, 0) is 18.6 Å². The van der Waals surface area contributed by atoms with E-state index in [1.54, 1.807) is 6.20 Å². The highest BCUT2D eigenvalue weighted by Gasteiger charge is 2.20. The Hall–Kier alpha value is -1.09. The van der Waals surface area contributed by atoms with Crippen molar-refractivity contribution < 1.29 is 0 Å². The Balaban J connectivity index is 2.22. The lowest BCUT2D eigenvalue weighted by Crippen LogP contribution is -2.17. The van der Waals surface area contributed by atoms with Crippen LogP contribution in [-0.2, 0) is 0 Å². The molecule has 1 N–H and O–H groups in total. The van der Waals surface area contributed by atoms with Crippen LogP contribution in [0.25, 0.3) is 0 Å². The molecule has 74 valence electrons. The zero-order chi connectivity index (χ0) is 9.97. The molecule has 1 atom stereocenters. The number of hydrogen-bond acceptors (Lipinski definition) is 3. The highest BCUT2D eigenvalue weighted by molar-refractivity contribution is 6.33. The molecular formula is C10H12ClN3. The molecule has 14 heavy (non-hydrogen) atoms. The number of aromatic nitrogens is 1. The van der Waals surface area contributed by atoms with Crippen LogP contribution in [0.2, 0.25) is 5.02 Å². The summed E-state index contributed by atoms with van der Waals surface area (Å²) in [6.45, 7) is 2.14. The summed E-state index contributed by atoms with van der Waals surface area (Å²) in [7, 11) is 0. The molecule has 3 nitrogen and oxygen atoms in total. The van der Waals surface area contributed by atoms with E-state index in [-0.39, 0.29) is 0 Å². The average molecular weight is 210 g/mol. The smallest absolute Gasteiger partial charge is 0.105 e. The molecule has 0 radical (unpaired) electrons. The van der Waals surface area contributed by atoms with Crippen molar-refractivity contribution in [1.82, 2.24) is 10.4 Å². The highest BCUT2D eigenvalue weighted by atomic mass is 35.5. The second-order valence-electron chi connectivity index (χ2n) is 3.33. The van der Waals surface area contributed by atoms with Gasteiger partial charge < -0.3 is 5.43 Å². The largest absolute Gasteiger partial charge is 0.306 e. The monoisotopic (exact) mass is 209 g/mol.